The molecule has 2 N–H and O–H groups in total. The normalized spacial score (nSPS) is 20.9. The molecular formula is C10H21N3O4S. The van der Waals surface area contributed by atoms with Gasteiger partial charge in [-0.3, -0.25) is 4.79 Å². The smallest absolute Gasteiger partial charge is 0.222 e. The van der Waals surface area contributed by atoms with Gasteiger partial charge in [0.2, 0.25) is 15.9 Å². The van der Waals surface area contributed by atoms with E-state index < -0.39 is 10.0 Å². The summed E-state index contributed by atoms with van der Waals surface area (Å²) in [5.74, 6) is -0.271. The lowest BCUT2D eigenvalue weighted by Crippen LogP contribution is -2.42. The number of nitrogens with one attached hydrogen (secondary N) is 2. The lowest BCUT2D eigenvalue weighted by Gasteiger charge is -2.23. The molecule has 0 spiro atoms. The number of hydrogen-bond acceptors (Lipinski definition) is 5. The zero-order valence-corrected chi connectivity index (χ0v) is 11.6. The Hall–Kier alpha value is -0.700. The lowest BCUT2D eigenvalue weighted by molar-refractivity contribution is -0.124. The van der Waals surface area contributed by atoms with Gasteiger partial charge in [0.1, 0.15) is 0 Å². The summed E-state index contributed by atoms with van der Waals surface area (Å²) in [7, 11) is -0.310. The van der Waals surface area contributed by atoms with Crippen LogP contribution in [-0.2, 0) is 19.6 Å². The SMILES string of the molecule is CN(C)S(=O)(=O)CCNC(=O)CC1CNCCO1. The Kier molecular flexibility index (Phi) is 6.00. The second-order valence-electron chi connectivity index (χ2n) is 4.35. The van der Waals surface area contributed by atoms with Gasteiger partial charge in [-0.15, -0.1) is 0 Å². The van der Waals surface area contributed by atoms with E-state index in [1.807, 2.05) is 0 Å². The van der Waals surface area contributed by atoms with E-state index in [2.05, 4.69) is 10.6 Å². The second-order valence-corrected chi connectivity index (χ2v) is 6.65. The molecule has 0 aliphatic carbocycles. The van der Waals surface area contributed by atoms with Crippen molar-refractivity contribution in [2.75, 3.05) is 46.1 Å². The summed E-state index contributed by atoms with van der Waals surface area (Å²) < 4.78 is 29.4. The van der Waals surface area contributed by atoms with Crippen molar-refractivity contribution in [3.05, 3.63) is 0 Å². The first-order valence-electron chi connectivity index (χ1n) is 5.91. The number of ether oxygens (including phenoxy) is 1. The molecule has 0 bridgehead atoms. The number of amides is 1. The van der Waals surface area contributed by atoms with Crippen LogP contribution >= 0.6 is 0 Å². The van der Waals surface area contributed by atoms with Gasteiger partial charge in [-0.1, -0.05) is 0 Å². The van der Waals surface area contributed by atoms with E-state index in [0.29, 0.717) is 13.2 Å². The van der Waals surface area contributed by atoms with Crippen LogP contribution in [0.3, 0.4) is 0 Å². The molecule has 106 valence electrons. The minimum absolute atomic E-state index is 0.0878. The average molecular weight is 279 g/mol. The summed E-state index contributed by atoms with van der Waals surface area (Å²) in [6.07, 6.45) is 0.138. The Morgan fingerprint density at radius 1 is 1.50 bits per heavy atom. The standard InChI is InChI=1S/C10H21N3O4S/c1-13(2)18(15,16)6-4-12-10(14)7-9-8-11-3-5-17-9/h9,11H,3-8H2,1-2H3,(H,12,14). The van der Waals surface area contributed by atoms with Crippen LogP contribution in [0.2, 0.25) is 0 Å². The average Bonchev–Trinajstić information content (AvgIpc) is 2.29. The predicted octanol–water partition coefficient (Wildman–Crippen LogP) is -1.63. The molecule has 18 heavy (non-hydrogen) atoms. The molecule has 1 heterocycles. The van der Waals surface area contributed by atoms with Crippen LogP contribution in [0, 0.1) is 0 Å². The number of morpholine rings is 1. The number of nitrogens with zero attached hydrogens (tertiary/aromatic N) is 1. The minimum atomic E-state index is -3.25. The van der Waals surface area contributed by atoms with Gasteiger partial charge >= 0.3 is 0 Å². The van der Waals surface area contributed by atoms with Crippen molar-refractivity contribution < 1.29 is 17.9 Å². The maximum Gasteiger partial charge on any atom is 0.222 e. The van der Waals surface area contributed by atoms with E-state index in [0.717, 1.165) is 10.8 Å². The highest BCUT2D eigenvalue weighted by molar-refractivity contribution is 7.89. The summed E-state index contributed by atoms with van der Waals surface area (Å²) in [6, 6.07) is 0. The zero-order valence-electron chi connectivity index (χ0n) is 10.8. The van der Waals surface area contributed by atoms with Crippen LogP contribution in [0.4, 0.5) is 0 Å². The van der Waals surface area contributed by atoms with E-state index >= 15 is 0 Å². The van der Waals surface area contributed by atoms with Gasteiger partial charge in [0.05, 0.1) is 24.9 Å². The highest BCUT2D eigenvalue weighted by Gasteiger charge is 2.18. The molecule has 1 saturated heterocycles. The molecule has 1 atom stereocenters. The van der Waals surface area contributed by atoms with Gasteiger partial charge in [0, 0.05) is 33.7 Å². The van der Waals surface area contributed by atoms with Gasteiger partial charge in [-0.25, -0.2) is 12.7 Å². The van der Waals surface area contributed by atoms with Gasteiger partial charge in [-0.05, 0) is 0 Å². The summed E-state index contributed by atoms with van der Waals surface area (Å²) in [5, 5.41) is 5.72. The van der Waals surface area contributed by atoms with Crippen molar-refractivity contribution in [2.24, 2.45) is 0 Å². The van der Waals surface area contributed by atoms with Gasteiger partial charge in [0.15, 0.2) is 0 Å². The number of carbonyl (C=O) groups is 1. The summed E-state index contributed by atoms with van der Waals surface area (Å²) in [5.41, 5.74) is 0. The fourth-order valence-electron chi connectivity index (χ4n) is 1.53. The summed E-state index contributed by atoms with van der Waals surface area (Å²) >= 11 is 0. The molecule has 1 aliphatic rings. The molecule has 8 heteroatoms. The van der Waals surface area contributed by atoms with Crippen molar-refractivity contribution in [1.29, 1.82) is 0 Å². The van der Waals surface area contributed by atoms with Crippen molar-refractivity contribution >= 4 is 15.9 Å². The predicted molar refractivity (Wildman–Crippen MR) is 67.7 cm³/mol. The topological polar surface area (TPSA) is 87.7 Å². The van der Waals surface area contributed by atoms with Crippen molar-refractivity contribution in [3.63, 3.8) is 0 Å². The number of carbonyl (C=O) groups excluding carboxylic acids is 1. The summed E-state index contributed by atoms with van der Waals surface area (Å²) in [6.45, 7) is 2.19. The van der Waals surface area contributed by atoms with Crippen LogP contribution < -0.4 is 10.6 Å². The number of sulfonamides is 1. The molecule has 0 aromatic carbocycles. The van der Waals surface area contributed by atoms with Crippen molar-refractivity contribution in [1.82, 2.24) is 14.9 Å². The Morgan fingerprint density at radius 3 is 2.78 bits per heavy atom. The molecule has 0 aromatic heterocycles. The highest BCUT2D eigenvalue weighted by Crippen LogP contribution is 2.01. The van der Waals surface area contributed by atoms with E-state index in [1.54, 1.807) is 0 Å². The first kappa shape index (κ1) is 15.4. The molecule has 1 aliphatic heterocycles. The number of rotatable bonds is 6. The van der Waals surface area contributed by atoms with E-state index in [-0.39, 0.29) is 30.7 Å². The van der Waals surface area contributed by atoms with Crippen LogP contribution in [-0.4, -0.2) is 70.8 Å². The Bertz CT molecular complexity index is 363. The third-order valence-corrected chi connectivity index (χ3v) is 4.49. The van der Waals surface area contributed by atoms with E-state index in [4.69, 9.17) is 4.74 Å². The van der Waals surface area contributed by atoms with Crippen LogP contribution in [0.1, 0.15) is 6.42 Å². The Morgan fingerprint density at radius 2 is 2.22 bits per heavy atom. The third-order valence-electron chi connectivity index (χ3n) is 2.66. The fourth-order valence-corrected chi connectivity index (χ4v) is 2.26. The van der Waals surface area contributed by atoms with Crippen LogP contribution in [0.5, 0.6) is 0 Å². The monoisotopic (exact) mass is 279 g/mol. The number of hydrogen-bond donors (Lipinski definition) is 2. The molecular weight excluding hydrogens is 258 g/mol. The Balaban J connectivity index is 2.21. The van der Waals surface area contributed by atoms with Gasteiger partial charge in [-0.2, -0.15) is 0 Å². The summed E-state index contributed by atoms with van der Waals surface area (Å²) in [4.78, 5) is 11.5. The Labute approximate surface area is 108 Å². The lowest BCUT2D eigenvalue weighted by atomic mass is 10.2. The molecule has 1 rings (SSSR count). The molecule has 1 unspecified atom stereocenters. The zero-order chi connectivity index (χ0) is 13.6. The quantitative estimate of drug-likeness (QED) is 0.610. The second kappa shape index (κ2) is 7.03. The maximum atomic E-state index is 11.5. The third kappa shape index (κ3) is 5.30. The molecule has 1 fully saturated rings. The van der Waals surface area contributed by atoms with E-state index in [1.165, 1.54) is 14.1 Å². The first-order valence-corrected chi connectivity index (χ1v) is 7.52. The maximum absolute atomic E-state index is 11.5. The van der Waals surface area contributed by atoms with Crippen LogP contribution in [0.25, 0.3) is 0 Å². The minimum Gasteiger partial charge on any atom is -0.375 e. The molecule has 0 radical (unpaired) electrons. The molecule has 1 amide bonds. The van der Waals surface area contributed by atoms with Gasteiger partial charge < -0.3 is 15.4 Å². The molecule has 7 nitrogen and oxygen atoms in total. The van der Waals surface area contributed by atoms with E-state index in [9.17, 15) is 13.2 Å². The fraction of sp³-hybridized carbons (Fsp3) is 0.900. The van der Waals surface area contributed by atoms with Crippen molar-refractivity contribution in [3.8, 4) is 0 Å². The van der Waals surface area contributed by atoms with Gasteiger partial charge in [0.25, 0.3) is 0 Å². The van der Waals surface area contributed by atoms with Crippen LogP contribution in [0.15, 0.2) is 0 Å². The van der Waals surface area contributed by atoms with Crippen molar-refractivity contribution in [2.45, 2.75) is 12.5 Å². The highest BCUT2D eigenvalue weighted by atomic mass is 32.2. The first-order chi connectivity index (χ1) is 8.42. The molecule has 0 aromatic rings. The largest absolute Gasteiger partial charge is 0.375 e. The molecule has 0 saturated carbocycles.